The fourth-order valence-electron chi connectivity index (χ4n) is 1.11. The van der Waals surface area contributed by atoms with Crippen molar-refractivity contribution in [3.63, 3.8) is 0 Å². The van der Waals surface area contributed by atoms with Crippen LogP contribution >= 0.6 is 0 Å². The molecule has 1 unspecified atom stereocenters. The van der Waals surface area contributed by atoms with Gasteiger partial charge in [-0.15, -0.1) is 0 Å². The molecule has 0 radical (unpaired) electrons. The number of rotatable bonds is 7. The van der Waals surface area contributed by atoms with E-state index >= 15 is 0 Å². The Balaban J connectivity index is 3.26. The summed E-state index contributed by atoms with van der Waals surface area (Å²) in [6.07, 6.45) is 1.13. The molecule has 1 atom stereocenters. The quantitative estimate of drug-likeness (QED) is 0.572. The number of hydrogen-bond donors (Lipinski definition) is 2. The van der Waals surface area contributed by atoms with Crippen molar-refractivity contribution >= 4 is 5.91 Å². The van der Waals surface area contributed by atoms with Crippen molar-refractivity contribution in [2.45, 2.75) is 26.3 Å². The average molecular weight is 201 g/mol. The molecule has 0 aliphatic rings. The van der Waals surface area contributed by atoms with Gasteiger partial charge in [-0.1, -0.05) is 0 Å². The SMILES string of the molecule is CC(=O)NCCNC(C)CCN(C)C. The van der Waals surface area contributed by atoms with E-state index in [1.807, 2.05) is 0 Å². The Morgan fingerprint density at radius 1 is 1.36 bits per heavy atom. The maximum Gasteiger partial charge on any atom is 0.216 e. The zero-order chi connectivity index (χ0) is 11.0. The minimum Gasteiger partial charge on any atom is -0.355 e. The fraction of sp³-hybridized carbons (Fsp3) is 0.900. The molecule has 0 aromatic heterocycles. The Kier molecular flexibility index (Phi) is 7.42. The molecule has 4 heteroatoms. The molecule has 84 valence electrons. The maximum absolute atomic E-state index is 10.6. The lowest BCUT2D eigenvalue weighted by atomic mass is 10.2. The van der Waals surface area contributed by atoms with E-state index < -0.39 is 0 Å². The molecule has 0 aliphatic carbocycles. The van der Waals surface area contributed by atoms with Crippen LogP contribution in [0.3, 0.4) is 0 Å². The Hall–Kier alpha value is -0.610. The van der Waals surface area contributed by atoms with Crippen LogP contribution in [-0.2, 0) is 4.79 Å². The summed E-state index contributed by atoms with van der Waals surface area (Å²) >= 11 is 0. The molecule has 0 heterocycles. The Morgan fingerprint density at radius 2 is 2.00 bits per heavy atom. The smallest absolute Gasteiger partial charge is 0.216 e. The number of amides is 1. The normalized spacial score (nSPS) is 12.9. The average Bonchev–Trinajstić information content (AvgIpc) is 2.08. The first-order valence-corrected chi connectivity index (χ1v) is 5.15. The van der Waals surface area contributed by atoms with Crippen LogP contribution in [0.5, 0.6) is 0 Å². The van der Waals surface area contributed by atoms with Crippen LogP contribution < -0.4 is 10.6 Å². The van der Waals surface area contributed by atoms with Crippen molar-refractivity contribution in [2.75, 3.05) is 33.7 Å². The molecule has 0 spiro atoms. The summed E-state index contributed by atoms with van der Waals surface area (Å²) in [5.41, 5.74) is 0. The molecular formula is C10H23N3O. The fourth-order valence-corrected chi connectivity index (χ4v) is 1.11. The molecule has 4 nitrogen and oxygen atoms in total. The zero-order valence-corrected chi connectivity index (χ0v) is 9.76. The lowest BCUT2D eigenvalue weighted by molar-refractivity contribution is -0.118. The van der Waals surface area contributed by atoms with Gasteiger partial charge in [-0.05, 0) is 34.0 Å². The van der Waals surface area contributed by atoms with Gasteiger partial charge in [-0.3, -0.25) is 4.79 Å². The van der Waals surface area contributed by atoms with Crippen LogP contribution in [0.1, 0.15) is 20.3 Å². The van der Waals surface area contributed by atoms with E-state index in [4.69, 9.17) is 0 Å². The van der Waals surface area contributed by atoms with Gasteiger partial charge in [0.25, 0.3) is 0 Å². The molecule has 0 aliphatic heterocycles. The van der Waals surface area contributed by atoms with Gasteiger partial charge in [0, 0.05) is 26.1 Å². The number of carbonyl (C=O) groups excluding carboxylic acids is 1. The lowest BCUT2D eigenvalue weighted by Gasteiger charge is -2.16. The highest BCUT2D eigenvalue weighted by atomic mass is 16.1. The standard InChI is InChI=1S/C10H23N3O/c1-9(5-8-13(3)4)11-6-7-12-10(2)14/h9,11H,5-8H2,1-4H3,(H,12,14). The summed E-state index contributed by atoms with van der Waals surface area (Å²) in [4.78, 5) is 12.7. The van der Waals surface area contributed by atoms with Crippen LogP contribution in [0.25, 0.3) is 0 Å². The second kappa shape index (κ2) is 7.76. The zero-order valence-electron chi connectivity index (χ0n) is 9.76. The van der Waals surface area contributed by atoms with Crippen LogP contribution in [0.2, 0.25) is 0 Å². The lowest BCUT2D eigenvalue weighted by Crippen LogP contribution is -2.36. The minimum atomic E-state index is 0.0349. The highest BCUT2D eigenvalue weighted by Crippen LogP contribution is 1.90. The summed E-state index contributed by atoms with van der Waals surface area (Å²) in [6, 6.07) is 0.506. The summed E-state index contributed by atoms with van der Waals surface area (Å²) in [5, 5.41) is 6.11. The number of nitrogens with zero attached hydrogens (tertiary/aromatic N) is 1. The summed E-state index contributed by atoms with van der Waals surface area (Å²) in [7, 11) is 4.15. The third kappa shape index (κ3) is 9.48. The number of carbonyl (C=O) groups is 1. The largest absolute Gasteiger partial charge is 0.355 e. The topological polar surface area (TPSA) is 44.4 Å². The molecule has 0 saturated carbocycles. The van der Waals surface area contributed by atoms with Crippen molar-refractivity contribution < 1.29 is 4.79 Å². The van der Waals surface area contributed by atoms with E-state index in [0.717, 1.165) is 19.5 Å². The molecule has 2 N–H and O–H groups in total. The van der Waals surface area contributed by atoms with Crippen molar-refractivity contribution in [1.29, 1.82) is 0 Å². The first-order chi connectivity index (χ1) is 6.52. The second-order valence-corrected chi connectivity index (χ2v) is 3.93. The molecule has 0 bridgehead atoms. The predicted octanol–water partition coefficient (Wildman–Crippen LogP) is 0.0523. The van der Waals surface area contributed by atoms with Gasteiger partial charge in [0.05, 0.1) is 0 Å². The van der Waals surface area contributed by atoms with Crippen molar-refractivity contribution in [3.8, 4) is 0 Å². The van der Waals surface area contributed by atoms with E-state index in [-0.39, 0.29) is 5.91 Å². The van der Waals surface area contributed by atoms with E-state index in [1.165, 1.54) is 6.92 Å². The number of nitrogens with one attached hydrogen (secondary N) is 2. The van der Waals surface area contributed by atoms with Crippen molar-refractivity contribution in [2.24, 2.45) is 0 Å². The molecule has 14 heavy (non-hydrogen) atoms. The van der Waals surface area contributed by atoms with Crippen molar-refractivity contribution in [3.05, 3.63) is 0 Å². The third-order valence-corrected chi connectivity index (χ3v) is 2.00. The number of hydrogen-bond acceptors (Lipinski definition) is 3. The van der Waals surface area contributed by atoms with Crippen LogP contribution in [-0.4, -0.2) is 50.6 Å². The van der Waals surface area contributed by atoms with Crippen molar-refractivity contribution in [1.82, 2.24) is 15.5 Å². The van der Waals surface area contributed by atoms with E-state index in [2.05, 4.69) is 36.6 Å². The van der Waals surface area contributed by atoms with E-state index in [0.29, 0.717) is 12.6 Å². The third-order valence-electron chi connectivity index (χ3n) is 2.00. The molecule has 0 rings (SSSR count). The minimum absolute atomic E-state index is 0.0349. The Morgan fingerprint density at radius 3 is 2.50 bits per heavy atom. The first-order valence-electron chi connectivity index (χ1n) is 5.15. The highest BCUT2D eigenvalue weighted by molar-refractivity contribution is 5.72. The van der Waals surface area contributed by atoms with Gasteiger partial charge >= 0.3 is 0 Å². The summed E-state index contributed by atoms with van der Waals surface area (Å²) < 4.78 is 0. The molecule has 0 aromatic carbocycles. The molecule has 0 saturated heterocycles. The van der Waals surface area contributed by atoms with Gasteiger partial charge in [0.2, 0.25) is 5.91 Å². The summed E-state index contributed by atoms with van der Waals surface area (Å²) in [6.45, 7) is 6.34. The summed E-state index contributed by atoms with van der Waals surface area (Å²) in [5.74, 6) is 0.0349. The van der Waals surface area contributed by atoms with Crippen LogP contribution in [0.4, 0.5) is 0 Å². The predicted molar refractivity (Wildman–Crippen MR) is 59.3 cm³/mol. The van der Waals surface area contributed by atoms with Gasteiger partial charge in [0.1, 0.15) is 0 Å². The van der Waals surface area contributed by atoms with Crippen LogP contribution in [0.15, 0.2) is 0 Å². The molecular weight excluding hydrogens is 178 g/mol. The molecule has 0 aromatic rings. The van der Waals surface area contributed by atoms with Gasteiger partial charge in [0.15, 0.2) is 0 Å². The van der Waals surface area contributed by atoms with Gasteiger partial charge in [-0.2, -0.15) is 0 Å². The Labute approximate surface area is 87.0 Å². The van der Waals surface area contributed by atoms with Gasteiger partial charge in [-0.25, -0.2) is 0 Å². The monoisotopic (exact) mass is 201 g/mol. The Bertz CT molecular complexity index is 159. The molecule has 0 fully saturated rings. The van der Waals surface area contributed by atoms with Crippen LogP contribution in [0, 0.1) is 0 Å². The highest BCUT2D eigenvalue weighted by Gasteiger charge is 2.01. The van der Waals surface area contributed by atoms with E-state index in [9.17, 15) is 4.79 Å². The second-order valence-electron chi connectivity index (χ2n) is 3.93. The van der Waals surface area contributed by atoms with Gasteiger partial charge < -0.3 is 15.5 Å². The first kappa shape index (κ1) is 13.4. The van der Waals surface area contributed by atoms with E-state index in [1.54, 1.807) is 0 Å². The molecule has 1 amide bonds. The maximum atomic E-state index is 10.6.